The summed E-state index contributed by atoms with van der Waals surface area (Å²) in [6, 6.07) is 0. The number of halogens is 1. The summed E-state index contributed by atoms with van der Waals surface area (Å²) in [6.45, 7) is 6.55. The summed E-state index contributed by atoms with van der Waals surface area (Å²) in [5, 5.41) is 5.66. The van der Waals surface area contributed by atoms with Crippen LogP contribution in [-0.4, -0.2) is 34.4 Å². The monoisotopic (exact) mass is 505 g/mol. The standard InChI is InChI=1S/C18H27N5S2.HI/c1-4-13-10-20-16(24-13)11-21-18(19-5-2)23(3)12-17-22-14-8-6-7-9-15(14)25-17;/h10H,4-9,11-12H2,1-3H3,(H,19,21);1H. The highest BCUT2D eigenvalue weighted by Gasteiger charge is 2.17. The molecule has 2 aromatic rings. The number of thiazole rings is 2. The molecule has 0 spiro atoms. The molecule has 0 fully saturated rings. The highest BCUT2D eigenvalue weighted by Crippen LogP contribution is 2.27. The van der Waals surface area contributed by atoms with Gasteiger partial charge in [-0.25, -0.2) is 15.0 Å². The fourth-order valence-electron chi connectivity index (χ4n) is 2.95. The summed E-state index contributed by atoms with van der Waals surface area (Å²) in [7, 11) is 2.08. The van der Waals surface area contributed by atoms with Crippen molar-refractivity contribution in [2.45, 2.75) is 59.0 Å². The molecule has 0 amide bonds. The Hall–Kier alpha value is -0.740. The second-order valence-electron chi connectivity index (χ2n) is 6.28. The minimum atomic E-state index is 0. The van der Waals surface area contributed by atoms with Crippen LogP contribution in [0.2, 0.25) is 0 Å². The van der Waals surface area contributed by atoms with E-state index in [1.165, 1.54) is 39.7 Å². The lowest BCUT2D eigenvalue weighted by Gasteiger charge is -2.20. The average Bonchev–Trinajstić information content (AvgIpc) is 3.24. The quantitative estimate of drug-likeness (QED) is 0.362. The van der Waals surface area contributed by atoms with Gasteiger partial charge in [0.05, 0.1) is 18.8 Å². The maximum absolute atomic E-state index is 4.85. The van der Waals surface area contributed by atoms with Gasteiger partial charge >= 0.3 is 0 Å². The van der Waals surface area contributed by atoms with Crippen molar-refractivity contribution in [1.29, 1.82) is 0 Å². The van der Waals surface area contributed by atoms with E-state index in [4.69, 9.17) is 9.98 Å². The number of aliphatic imine (C=N–C) groups is 1. The fourth-order valence-corrected chi connectivity index (χ4v) is 4.94. The molecular weight excluding hydrogens is 477 g/mol. The Labute approximate surface area is 181 Å². The molecule has 144 valence electrons. The molecule has 0 saturated carbocycles. The first kappa shape index (κ1) is 21.6. The van der Waals surface area contributed by atoms with Gasteiger partial charge in [0.25, 0.3) is 0 Å². The number of nitrogens with one attached hydrogen (secondary N) is 1. The largest absolute Gasteiger partial charge is 0.357 e. The van der Waals surface area contributed by atoms with E-state index in [2.05, 4.69) is 36.1 Å². The number of rotatable bonds is 6. The second kappa shape index (κ2) is 10.6. The summed E-state index contributed by atoms with van der Waals surface area (Å²) in [5.41, 5.74) is 1.33. The van der Waals surface area contributed by atoms with Gasteiger partial charge in [-0.05, 0) is 39.0 Å². The topological polar surface area (TPSA) is 53.4 Å². The van der Waals surface area contributed by atoms with Gasteiger partial charge in [-0.15, -0.1) is 46.7 Å². The lowest BCUT2D eigenvalue weighted by atomic mass is 10.0. The zero-order valence-electron chi connectivity index (χ0n) is 15.7. The van der Waals surface area contributed by atoms with Crippen molar-refractivity contribution in [3.8, 4) is 0 Å². The first-order chi connectivity index (χ1) is 12.2. The van der Waals surface area contributed by atoms with E-state index in [1.807, 2.05) is 17.5 Å². The van der Waals surface area contributed by atoms with Crippen molar-refractivity contribution in [2.75, 3.05) is 13.6 Å². The minimum Gasteiger partial charge on any atom is -0.357 e. The van der Waals surface area contributed by atoms with Crippen LogP contribution in [0.3, 0.4) is 0 Å². The third kappa shape index (κ3) is 5.63. The zero-order valence-corrected chi connectivity index (χ0v) is 19.7. The summed E-state index contributed by atoms with van der Waals surface area (Å²) in [6.07, 6.45) is 7.94. The van der Waals surface area contributed by atoms with Crippen LogP contribution in [0.5, 0.6) is 0 Å². The molecule has 26 heavy (non-hydrogen) atoms. The van der Waals surface area contributed by atoms with Crippen LogP contribution in [0.15, 0.2) is 11.2 Å². The van der Waals surface area contributed by atoms with Crippen molar-refractivity contribution >= 4 is 52.6 Å². The van der Waals surface area contributed by atoms with Crippen LogP contribution in [0.4, 0.5) is 0 Å². The average molecular weight is 505 g/mol. The van der Waals surface area contributed by atoms with E-state index >= 15 is 0 Å². The van der Waals surface area contributed by atoms with Gasteiger partial charge in [-0.3, -0.25) is 0 Å². The third-order valence-corrected chi connectivity index (χ3v) is 6.54. The maximum Gasteiger partial charge on any atom is 0.194 e. The molecule has 0 atom stereocenters. The second-order valence-corrected chi connectivity index (χ2v) is 8.65. The van der Waals surface area contributed by atoms with E-state index in [0.717, 1.165) is 36.9 Å². The van der Waals surface area contributed by atoms with Crippen LogP contribution in [0.1, 0.15) is 52.2 Å². The maximum atomic E-state index is 4.85. The van der Waals surface area contributed by atoms with E-state index in [1.54, 1.807) is 11.3 Å². The molecule has 3 rings (SSSR count). The predicted molar refractivity (Wildman–Crippen MR) is 122 cm³/mol. The smallest absolute Gasteiger partial charge is 0.194 e. The summed E-state index contributed by atoms with van der Waals surface area (Å²) < 4.78 is 0. The molecular formula is C18H28IN5S2. The summed E-state index contributed by atoms with van der Waals surface area (Å²) >= 11 is 3.63. The van der Waals surface area contributed by atoms with Gasteiger partial charge in [0.2, 0.25) is 0 Å². The highest BCUT2D eigenvalue weighted by atomic mass is 127. The Kier molecular flexibility index (Phi) is 8.75. The molecule has 1 N–H and O–H groups in total. The van der Waals surface area contributed by atoms with E-state index in [0.29, 0.717) is 6.54 Å². The fraction of sp³-hybridized carbons (Fsp3) is 0.611. The van der Waals surface area contributed by atoms with E-state index in [9.17, 15) is 0 Å². The number of aryl methyl sites for hydroxylation is 3. The van der Waals surface area contributed by atoms with Gasteiger partial charge < -0.3 is 10.2 Å². The van der Waals surface area contributed by atoms with Gasteiger partial charge in [-0.2, -0.15) is 0 Å². The molecule has 0 radical (unpaired) electrons. The summed E-state index contributed by atoms with van der Waals surface area (Å²) in [4.78, 5) is 19.1. The third-order valence-electron chi connectivity index (χ3n) is 4.27. The van der Waals surface area contributed by atoms with Crippen molar-refractivity contribution in [2.24, 2.45) is 4.99 Å². The molecule has 2 aromatic heterocycles. The molecule has 5 nitrogen and oxygen atoms in total. The lowest BCUT2D eigenvalue weighted by Crippen LogP contribution is -2.38. The molecule has 0 aliphatic heterocycles. The SMILES string of the molecule is CCNC(=NCc1ncc(CC)s1)N(C)Cc1nc2c(s1)CCCC2.I. The van der Waals surface area contributed by atoms with Crippen LogP contribution in [0, 0.1) is 0 Å². The van der Waals surface area contributed by atoms with Crippen LogP contribution >= 0.6 is 46.7 Å². The molecule has 2 heterocycles. The molecule has 8 heteroatoms. The van der Waals surface area contributed by atoms with Crippen LogP contribution in [0.25, 0.3) is 0 Å². The van der Waals surface area contributed by atoms with Crippen molar-refractivity contribution in [1.82, 2.24) is 20.2 Å². The first-order valence-electron chi connectivity index (χ1n) is 9.10. The van der Waals surface area contributed by atoms with E-state index in [-0.39, 0.29) is 24.0 Å². The first-order valence-corrected chi connectivity index (χ1v) is 10.7. The Bertz CT molecular complexity index is 701. The van der Waals surface area contributed by atoms with Crippen molar-refractivity contribution in [3.05, 3.63) is 31.7 Å². The molecule has 1 aliphatic carbocycles. The number of aromatic nitrogens is 2. The number of nitrogens with zero attached hydrogens (tertiary/aromatic N) is 4. The Balaban J connectivity index is 0.00000243. The van der Waals surface area contributed by atoms with Crippen molar-refractivity contribution < 1.29 is 0 Å². The Morgan fingerprint density at radius 1 is 1.23 bits per heavy atom. The van der Waals surface area contributed by atoms with E-state index < -0.39 is 0 Å². The molecule has 0 aromatic carbocycles. The normalized spacial score (nSPS) is 13.9. The van der Waals surface area contributed by atoms with Crippen LogP contribution < -0.4 is 5.32 Å². The van der Waals surface area contributed by atoms with Gasteiger partial charge in [0, 0.05) is 29.5 Å². The highest BCUT2D eigenvalue weighted by molar-refractivity contribution is 14.0. The zero-order chi connectivity index (χ0) is 17.6. The number of hydrogen-bond acceptors (Lipinski definition) is 5. The Morgan fingerprint density at radius 2 is 2.04 bits per heavy atom. The number of guanidine groups is 1. The van der Waals surface area contributed by atoms with Gasteiger partial charge in [-0.1, -0.05) is 6.92 Å². The molecule has 0 saturated heterocycles. The number of hydrogen-bond donors (Lipinski definition) is 1. The molecule has 0 bridgehead atoms. The number of fused-ring (bicyclic) bond motifs is 1. The molecule has 0 unspecified atom stereocenters. The van der Waals surface area contributed by atoms with Gasteiger partial charge in [0.1, 0.15) is 10.0 Å². The minimum absolute atomic E-state index is 0. The molecule has 1 aliphatic rings. The summed E-state index contributed by atoms with van der Waals surface area (Å²) in [5.74, 6) is 0.920. The lowest BCUT2D eigenvalue weighted by molar-refractivity contribution is 0.474. The van der Waals surface area contributed by atoms with Crippen LogP contribution in [-0.2, 0) is 32.4 Å². The van der Waals surface area contributed by atoms with Gasteiger partial charge in [0.15, 0.2) is 5.96 Å². The van der Waals surface area contributed by atoms with Crippen molar-refractivity contribution in [3.63, 3.8) is 0 Å². The Morgan fingerprint density at radius 3 is 2.73 bits per heavy atom. The predicted octanol–water partition coefficient (Wildman–Crippen LogP) is 4.26.